The number of hydrogen-bond donors (Lipinski definition) is 1. The zero-order valence-corrected chi connectivity index (χ0v) is 19.4. The fraction of sp³-hybridized carbons (Fsp3) is 0.250. The van der Waals surface area contributed by atoms with Gasteiger partial charge < -0.3 is 14.5 Å². The first kappa shape index (κ1) is 22.7. The van der Waals surface area contributed by atoms with Crippen molar-refractivity contribution < 1.29 is 18.7 Å². The second kappa shape index (κ2) is 10.4. The molecule has 1 N–H and O–H groups in total. The molecule has 2 aromatic carbocycles. The number of fused-ring (bicyclic) bond motifs is 1. The van der Waals surface area contributed by atoms with Gasteiger partial charge in [0.05, 0.1) is 5.69 Å². The molecule has 1 fully saturated rings. The standard InChI is InChI=1S/C28H27N3O4/c32-26(29-22-10-3-1-4-11-22)19-34-27(33)16-15-21-18-31(23-12-5-2-6-13-23)30-28(21)25-17-20-9-7-8-14-24(20)35-25/h2,5-9,12-18,22H,1,3-4,10-11,19H2,(H,29,32). The highest BCUT2D eigenvalue weighted by Gasteiger charge is 2.17. The molecule has 2 heterocycles. The highest BCUT2D eigenvalue weighted by molar-refractivity contribution is 5.91. The molecule has 35 heavy (non-hydrogen) atoms. The van der Waals surface area contributed by atoms with Gasteiger partial charge in [-0.2, -0.15) is 5.10 Å². The van der Waals surface area contributed by atoms with Gasteiger partial charge in [-0.05, 0) is 43.2 Å². The number of nitrogens with one attached hydrogen (secondary N) is 1. The maximum absolute atomic E-state index is 12.3. The van der Waals surface area contributed by atoms with Crippen molar-refractivity contribution in [3.8, 4) is 17.1 Å². The van der Waals surface area contributed by atoms with E-state index in [4.69, 9.17) is 14.3 Å². The van der Waals surface area contributed by atoms with Gasteiger partial charge in [-0.3, -0.25) is 4.79 Å². The molecular weight excluding hydrogens is 442 g/mol. The van der Waals surface area contributed by atoms with Gasteiger partial charge in [0.1, 0.15) is 11.3 Å². The van der Waals surface area contributed by atoms with Crippen LogP contribution in [0.1, 0.15) is 37.7 Å². The monoisotopic (exact) mass is 469 g/mol. The van der Waals surface area contributed by atoms with Crippen molar-refractivity contribution in [3.63, 3.8) is 0 Å². The number of rotatable bonds is 7. The molecule has 1 aliphatic carbocycles. The Labute approximate surface area is 203 Å². The third kappa shape index (κ3) is 5.51. The van der Waals surface area contributed by atoms with Crippen molar-refractivity contribution in [2.75, 3.05) is 6.61 Å². The number of para-hydroxylation sites is 2. The summed E-state index contributed by atoms with van der Waals surface area (Å²) < 4.78 is 12.9. The molecule has 0 atom stereocenters. The molecule has 4 aromatic rings. The maximum Gasteiger partial charge on any atom is 0.331 e. The lowest BCUT2D eigenvalue weighted by Gasteiger charge is -2.22. The average Bonchev–Trinajstić information content (AvgIpc) is 3.52. The summed E-state index contributed by atoms with van der Waals surface area (Å²) in [6.07, 6.45) is 10.2. The number of furan rings is 1. The van der Waals surface area contributed by atoms with Crippen LogP contribution in [0.4, 0.5) is 0 Å². The van der Waals surface area contributed by atoms with Crippen molar-refractivity contribution >= 4 is 28.9 Å². The summed E-state index contributed by atoms with van der Waals surface area (Å²) in [7, 11) is 0. The average molecular weight is 470 g/mol. The zero-order valence-electron chi connectivity index (χ0n) is 19.4. The SMILES string of the molecule is O=C(COC(=O)C=Cc1cn(-c2ccccc2)nc1-c1cc2ccccc2o1)NC1CCCCC1. The highest BCUT2D eigenvalue weighted by Crippen LogP contribution is 2.30. The number of nitrogens with zero attached hydrogens (tertiary/aromatic N) is 2. The van der Waals surface area contributed by atoms with Crippen molar-refractivity contribution in [1.82, 2.24) is 15.1 Å². The number of esters is 1. The molecule has 0 unspecified atom stereocenters. The van der Waals surface area contributed by atoms with E-state index < -0.39 is 5.97 Å². The molecule has 178 valence electrons. The van der Waals surface area contributed by atoms with Crippen LogP contribution in [-0.2, 0) is 14.3 Å². The number of ether oxygens (including phenoxy) is 1. The van der Waals surface area contributed by atoms with Gasteiger partial charge in [0.2, 0.25) is 0 Å². The van der Waals surface area contributed by atoms with Crippen LogP contribution in [0.3, 0.4) is 0 Å². The van der Waals surface area contributed by atoms with Crippen LogP contribution >= 0.6 is 0 Å². The Balaban J connectivity index is 1.32. The minimum atomic E-state index is -0.591. The second-order valence-electron chi connectivity index (χ2n) is 8.71. The van der Waals surface area contributed by atoms with Crippen molar-refractivity contribution in [2.24, 2.45) is 0 Å². The van der Waals surface area contributed by atoms with E-state index in [0.29, 0.717) is 17.0 Å². The lowest BCUT2D eigenvalue weighted by atomic mass is 9.95. The van der Waals surface area contributed by atoms with Gasteiger partial charge in [0.25, 0.3) is 5.91 Å². The molecule has 7 heteroatoms. The summed E-state index contributed by atoms with van der Waals surface area (Å²) in [6.45, 7) is -0.292. The number of carbonyl (C=O) groups is 2. The van der Waals surface area contributed by atoms with Crippen LogP contribution in [0.2, 0.25) is 0 Å². The highest BCUT2D eigenvalue weighted by atomic mass is 16.5. The van der Waals surface area contributed by atoms with Gasteiger partial charge in [-0.25, -0.2) is 9.48 Å². The summed E-state index contributed by atoms with van der Waals surface area (Å²) >= 11 is 0. The number of aromatic nitrogens is 2. The Morgan fingerprint density at radius 3 is 2.63 bits per heavy atom. The number of carbonyl (C=O) groups excluding carboxylic acids is 2. The minimum Gasteiger partial charge on any atom is -0.454 e. The van der Waals surface area contributed by atoms with Crippen molar-refractivity contribution in [1.29, 1.82) is 0 Å². The van der Waals surface area contributed by atoms with E-state index in [0.717, 1.165) is 42.3 Å². The van der Waals surface area contributed by atoms with E-state index in [2.05, 4.69) is 5.32 Å². The Morgan fingerprint density at radius 1 is 1.06 bits per heavy atom. The van der Waals surface area contributed by atoms with Gasteiger partial charge in [-0.15, -0.1) is 0 Å². The Morgan fingerprint density at radius 2 is 1.83 bits per heavy atom. The van der Waals surface area contributed by atoms with Gasteiger partial charge >= 0.3 is 5.97 Å². The molecule has 0 bridgehead atoms. The molecule has 0 spiro atoms. The van der Waals surface area contributed by atoms with E-state index in [1.807, 2.05) is 66.9 Å². The molecule has 0 saturated heterocycles. The quantitative estimate of drug-likeness (QED) is 0.294. The molecule has 7 nitrogen and oxygen atoms in total. The van der Waals surface area contributed by atoms with Crippen LogP contribution in [0.5, 0.6) is 0 Å². The Kier molecular flexibility index (Phi) is 6.75. The van der Waals surface area contributed by atoms with Gasteiger partial charge in [-0.1, -0.05) is 55.7 Å². The number of benzene rings is 2. The third-order valence-corrected chi connectivity index (χ3v) is 6.14. The zero-order chi connectivity index (χ0) is 24.0. The van der Waals surface area contributed by atoms with Crippen LogP contribution in [0.15, 0.2) is 77.4 Å². The van der Waals surface area contributed by atoms with E-state index >= 15 is 0 Å². The van der Waals surface area contributed by atoms with Crippen LogP contribution < -0.4 is 5.32 Å². The second-order valence-corrected chi connectivity index (χ2v) is 8.71. The molecular formula is C28H27N3O4. The third-order valence-electron chi connectivity index (χ3n) is 6.14. The number of hydrogen-bond acceptors (Lipinski definition) is 5. The first-order valence-electron chi connectivity index (χ1n) is 11.9. The van der Waals surface area contributed by atoms with Crippen molar-refractivity contribution in [3.05, 3.63) is 78.5 Å². The predicted molar refractivity (Wildman–Crippen MR) is 134 cm³/mol. The first-order chi connectivity index (χ1) is 17.2. The molecule has 5 rings (SSSR count). The Hall–Kier alpha value is -4.13. The lowest BCUT2D eigenvalue weighted by Crippen LogP contribution is -2.38. The summed E-state index contributed by atoms with van der Waals surface area (Å²) in [5.74, 6) is -0.258. The molecule has 0 radical (unpaired) electrons. The van der Waals surface area contributed by atoms with E-state index in [-0.39, 0.29) is 18.6 Å². The Bertz CT molecular complexity index is 1310. The van der Waals surface area contributed by atoms with Crippen LogP contribution in [-0.4, -0.2) is 34.3 Å². The van der Waals surface area contributed by atoms with Crippen LogP contribution in [0.25, 0.3) is 34.2 Å². The minimum absolute atomic E-state index is 0.181. The fourth-order valence-electron chi connectivity index (χ4n) is 4.37. The molecule has 1 saturated carbocycles. The normalized spacial score (nSPS) is 14.4. The van der Waals surface area contributed by atoms with Crippen LogP contribution in [0, 0.1) is 0 Å². The van der Waals surface area contributed by atoms with Gasteiger partial charge in [0.15, 0.2) is 12.4 Å². The van der Waals surface area contributed by atoms with E-state index in [9.17, 15) is 9.59 Å². The van der Waals surface area contributed by atoms with E-state index in [1.54, 1.807) is 10.8 Å². The summed E-state index contributed by atoms with van der Waals surface area (Å²) in [6, 6.07) is 19.6. The molecule has 1 amide bonds. The van der Waals surface area contributed by atoms with E-state index in [1.165, 1.54) is 12.5 Å². The molecule has 1 aliphatic rings. The maximum atomic E-state index is 12.3. The smallest absolute Gasteiger partial charge is 0.331 e. The molecule has 0 aliphatic heterocycles. The summed E-state index contributed by atoms with van der Waals surface area (Å²) in [5, 5.41) is 8.63. The van der Waals surface area contributed by atoms with Gasteiger partial charge in [0, 0.05) is 29.3 Å². The number of amides is 1. The van der Waals surface area contributed by atoms with Crippen molar-refractivity contribution in [2.45, 2.75) is 38.1 Å². The summed E-state index contributed by atoms with van der Waals surface area (Å²) in [5.41, 5.74) is 2.93. The fourth-order valence-corrected chi connectivity index (χ4v) is 4.37. The summed E-state index contributed by atoms with van der Waals surface area (Å²) in [4.78, 5) is 24.5. The first-order valence-corrected chi connectivity index (χ1v) is 11.9. The molecule has 2 aromatic heterocycles. The predicted octanol–water partition coefficient (Wildman–Crippen LogP) is 5.29. The largest absolute Gasteiger partial charge is 0.454 e. The lowest BCUT2D eigenvalue weighted by molar-refractivity contribution is -0.144. The topological polar surface area (TPSA) is 86.4 Å².